The van der Waals surface area contributed by atoms with E-state index in [1.165, 1.54) is 13.3 Å². The lowest BCUT2D eigenvalue weighted by Crippen LogP contribution is -2.19. The van der Waals surface area contributed by atoms with Gasteiger partial charge in [0, 0.05) is 26.5 Å². The first kappa shape index (κ1) is 28.1. The number of rotatable bonds is 8. The van der Waals surface area contributed by atoms with Crippen LogP contribution in [0.3, 0.4) is 0 Å². The average Bonchev–Trinajstić information content (AvgIpc) is 3.38. The molecule has 0 unspecified atom stereocenters. The summed E-state index contributed by atoms with van der Waals surface area (Å²) in [7, 11) is 3.12. The SMILES string of the molecule is COc1cccc(C(=O)Oc2c(Br)cc(Br)cc2C=NNC(=O)c2[nH]c3ccc(OC)cc3c2-c2ccccc2)c1. The molecule has 1 aromatic heterocycles. The highest BCUT2D eigenvalue weighted by Gasteiger charge is 2.20. The van der Waals surface area contributed by atoms with E-state index in [1.54, 1.807) is 43.5 Å². The molecule has 2 N–H and O–H groups in total. The van der Waals surface area contributed by atoms with E-state index in [1.807, 2.05) is 48.5 Å². The van der Waals surface area contributed by atoms with Gasteiger partial charge in [0.15, 0.2) is 5.75 Å². The van der Waals surface area contributed by atoms with Gasteiger partial charge in [-0.05, 0) is 70.0 Å². The molecular formula is C31H23Br2N3O5. The van der Waals surface area contributed by atoms with Gasteiger partial charge in [-0.25, -0.2) is 10.2 Å². The number of halogens is 2. The van der Waals surface area contributed by atoms with E-state index in [-0.39, 0.29) is 5.75 Å². The van der Waals surface area contributed by atoms with E-state index in [9.17, 15) is 9.59 Å². The Morgan fingerprint density at radius 2 is 1.63 bits per heavy atom. The topological polar surface area (TPSA) is 102 Å². The van der Waals surface area contributed by atoms with E-state index in [0.717, 1.165) is 22.0 Å². The van der Waals surface area contributed by atoms with Crippen molar-refractivity contribution in [3.63, 3.8) is 0 Å². The Morgan fingerprint density at radius 1 is 0.878 bits per heavy atom. The normalized spacial score (nSPS) is 11.0. The van der Waals surface area contributed by atoms with Gasteiger partial charge in [0.05, 0.1) is 30.5 Å². The second kappa shape index (κ2) is 12.4. The number of amides is 1. The molecule has 0 spiro atoms. The molecule has 0 saturated heterocycles. The van der Waals surface area contributed by atoms with Gasteiger partial charge in [0.25, 0.3) is 5.91 Å². The molecule has 5 rings (SSSR count). The number of ether oxygens (including phenoxy) is 3. The van der Waals surface area contributed by atoms with Crippen LogP contribution in [0, 0.1) is 0 Å². The van der Waals surface area contributed by atoms with E-state index in [0.29, 0.717) is 37.3 Å². The molecular weight excluding hydrogens is 654 g/mol. The summed E-state index contributed by atoms with van der Waals surface area (Å²) >= 11 is 6.91. The Bertz CT molecular complexity index is 1780. The van der Waals surface area contributed by atoms with Gasteiger partial charge in [0.1, 0.15) is 17.2 Å². The molecule has 1 heterocycles. The van der Waals surface area contributed by atoms with Crippen molar-refractivity contribution < 1.29 is 23.8 Å². The highest BCUT2D eigenvalue weighted by atomic mass is 79.9. The number of fused-ring (bicyclic) bond motifs is 1. The molecule has 1 amide bonds. The summed E-state index contributed by atoms with van der Waals surface area (Å²) in [5.41, 5.74) is 6.08. The number of aromatic nitrogens is 1. The third-order valence-corrected chi connectivity index (χ3v) is 7.25. The van der Waals surface area contributed by atoms with Crippen molar-refractivity contribution in [3.05, 3.63) is 111 Å². The van der Waals surface area contributed by atoms with Gasteiger partial charge >= 0.3 is 5.97 Å². The highest BCUT2D eigenvalue weighted by Crippen LogP contribution is 2.35. The minimum absolute atomic E-state index is 0.238. The molecule has 0 aliphatic carbocycles. The van der Waals surface area contributed by atoms with Crippen molar-refractivity contribution in [1.82, 2.24) is 10.4 Å². The van der Waals surface area contributed by atoms with Crippen molar-refractivity contribution in [2.75, 3.05) is 14.2 Å². The molecule has 0 aliphatic rings. The summed E-state index contributed by atoms with van der Waals surface area (Å²) in [6.07, 6.45) is 1.41. The molecule has 4 aromatic carbocycles. The van der Waals surface area contributed by atoms with Gasteiger partial charge in [-0.1, -0.05) is 52.3 Å². The van der Waals surface area contributed by atoms with Crippen LogP contribution in [0.25, 0.3) is 22.0 Å². The Kier molecular flexibility index (Phi) is 8.51. The van der Waals surface area contributed by atoms with Crippen molar-refractivity contribution >= 4 is 60.9 Å². The van der Waals surface area contributed by atoms with E-state index in [2.05, 4.69) is 47.4 Å². The zero-order valence-electron chi connectivity index (χ0n) is 21.9. The maximum Gasteiger partial charge on any atom is 0.343 e. The van der Waals surface area contributed by atoms with Crippen LogP contribution in [-0.4, -0.2) is 37.3 Å². The lowest BCUT2D eigenvalue weighted by Gasteiger charge is -2.11. The Balaban J connectivity index is 1.44. The zero-order valence-corrected chi connectivity index (χ0v) is 25.1. The number of carbonyl (C=O) groups excluding carboxylic acids is 2. The van der Waals surface area contributed by atoms with Gasteiger partial charge in [-0.3, -0.25) is 4.79 Å². The van der Waals surface area contributed by atoms with E-state index < -0.39 is 11.9 Å². The van der Waals surface area contributed by atoms with E-state index >= 15 is 0 Å². The number of hydrogen-bond donors (Lipinski definition) is 2. The average molecular weight is 677 g/mol. The first-order valence-electron chi connectivity index (χ1n) is 12.3. The van der Waals surface area contributed by atoms with Crippen LogP contribution in [0.4, 0.5) is 0 Å². The molecule has 41 heavy (non-hydrogen) atoms. The molecule has 5 aromatic rings. The van der Waals surface area contributed by atoms with Crippen molar-refractivity contribution in [3.8, 4) is 28.4 Å². The summed E-state index contributed by atoms with van der Waals surface area (Å²) in [6, 6.07) is 25.3. The highest BCUT2D eigenvalue weighted by molar-refractivity contribution is 9.11. The van der Waals surface area contributed by atoms with Crippen molar-refractivity contribution in [2.45, 2.75) is 0 Å². The third kappa shape index (κ3) is 6.18. The molecule has 0 fully saturated rings. The summed E-state index contributed by atoms with van der Waals surface area (Å²) < 4.78 is 17.6. The number of carbonyl (C=O) groups is 2. The van der Waals surface area contributed by atoms with Crippen LogP contribution in [0.2, 0.25) is 0 Å². The fraction of sp³-hybridized carbons (Fsp3) is 0.0645. The second-order valence-electron chi connectivity index (χ2n) is 8.78. The first-order valence-corrected chi connectivity index (χ1v) is 13.9. The summed E-state index contributed by atoms with van der Waals surface area (Å²) in [4.78, 5) is 29.5. The predicted octanol–water partition coefficient (Wildman–Crippen LogP) is 7.36. The minimum atomic E-state index is -0.577. The summed E-state index contributed by atoms with van der Waals surface area (Å²) in [5.74, 6) is 0.423. The number of H-pyrrole nitrogens is 1. The third-order valence-electron chi connectivity index (χ3n) is 6.20. The molecule has 0 aliphatic heterocycles. The predicted molar refractivity (Wildman–Crippen MR) is 165 cm³/mol. The molecule has 10 heteroatoms. The standard InChI is InChI=1S/C31H23Br2N3O5/c1-39-22-10-6-9-19(14-22)31(38)41-29-20(13-21(32)15-25(29)33)17-34-36-30(37)28-27(18-7-4-3-5-8-18)24-16-23(40-2)11-12-26(24)35-28/h3-17,35H,1-2H3,(H,36,37). The molecule has 0 radical (unpaired) electrons. The number of esters is 1. The summed E-state index contributed by atoms with van der Waals surface area (Å²) in [5, 5.41) is 5.02. The molecule has 8 nitrogen and oxygen atoms in total. The van der Waals surface area contributed by atoms with Gasteiger partial charge < -0.3 is 19.2 Å². The molecule has 206 valence electrons. The number of nitrogens with one attached hydrogen (secondary N) is 2. The fourth-order valence-electron chi connectivity index (χ4n) is 4.27. The number of aromatic amines is 1. The smallest absolute Gasteiger partial charge is 0.343 e. The van der Waals surface area contributed by atoms with Gasteiger partial charge in [-0.2, -0.15) is 5.10 Å². The Hall–Kier alpha value is -4.41. The van der Waals surface area contributed by atoms with Crippen LogP contribution in [0.5, 0.6) is 17.2 Å². The van der Waals surface area contributed by atoms with E-state index in [4.69, 9.17) is 14.2 Å². The quantitative estimate of drug-likeness (QED) is 0.0774. The number of methoxy groups -OCH3 is 2. The number of nitrogens with zero attached hydrogens (tertiary/aromatic N) is 1. The van der Waals surface area contributed by atoms with Gasteiger partial charge in [0.2, 0.25) is 0 Å². The molecule has 0 saturated carbocycles. The van der Waals surface area contributed by atoms with Crippen LogP contribution in [0.15, 0.2) is 99.0 Å². The van der Waals surface area contributed by atoms with Crippen LogP contribution in [0.1, 0.15) is 26.4 Å². The first-order chi connectivity index (χ1) is 19.9. The molecule has 0 bridgehead atoms. The van der Waals surface area contributed by atoms with Crippen LogP contribution in [-0.2, 0) is 0 Å². The number of hydrazone groups is 1. The van der Waals surface area contributed by atoms with Crippen LogP contribution < -0.4 is 19.6 Å². The zero-order chi connectivity index (χ0) is 28.9. The van der Waals surface area contributed by atoms with Crippen molar-refractivity contribution in [1.29, 1.82) is 0 Å². The Morgan fingerprint density at radius 3 is 2.39 bits per heavy atom. The molecule has 0 atom stereocenters. The minimum Gasteiger partial charge on any atom is -0.497 e. The maximum atomic E-state index is 13.4. The van der Waals surface area contributed by atoms with Crippen molar-refractivity contribution in [2.24, 2.45) is 5.10 Å². The van der Waals surface area contributed by atoms with Gasteiger partial charge in [-0.15, -0.1) is 0 Å². The lowest BCUT2D eigenvalue weighted by molar-refractivity contribution is 0.0732. The lowest BCUT2D eigenvalue weighted by atomic mass is 10.0. The fourth-order valence-corrected chi connectivity index (χ4v) is 5.61. The maximum absolute atomic E-state index is 13.4. The number of hydrogen-bond acceptors (Lipinski definition) is 6. The monoisotopic (exact) mass is 675 g/mol. The second-order valence-corrected chi connectivity index (χ2v) is 10.5. The largest absolute Gasteiger partial charge is 0.497 e. The summed E-state index contributed by atoms with van der Waals surface area (Å²) in [6.45, 7) is 0. The number of benzene rings is 4. The Labute approximate surface area is 252 Å². The van der Waals surface area contributed by atoms with Crippen LogP contribution >= 0.6 is 31.9 Å².